The minimum absolute atomic E-state index is 0.275. The Labute approximate surface area is 227 Å². The summed E-state index contributed by atoms with van der Waals surface area (Å²) in [4.78, 5) is 47.8. The lowest BCUT2D eigenvalue weighted by Crippen LogP contribution is -2.44. The molecule has 2 aliphatic rings. The SMILES string of the molecule is CCCCCCNC(=O)c1ccccc1N1C(=O)C2Cc3c([nH]c4ccccc34)C(c3ccccc3)N2C1=O. The number of benzene rings is 3. The number of imide groups is 1. The number of rotatable bonds is 8. The van der Waals surface area contributed by atoms with Gasteiger partial charge in [-0.05, 0) is 35.7 Å². The van der Waals surface area contributed by atoms with Crippen LogP contribution in [0.1, 0.15) is 65.8 Å². The summed E-state index contributed by atoms with van der Waals surface area (Å²) in [5.74, 6) is -0.580. The highest BCUT2D eigenvalue weighted by Gasteiger charge is 2.53. The summed E-state index contributed by atoms with van der Waals surface area (Å²) >= 11 is 0. The van der Waals surface area contributed by atoms with Crippen LogP contribution < -0.4 is 10.2 Å². The first-order valence-corrected chi connectivity index (χ1v) is 13.8. The number of hydrogen-bond acceptors (Lipinski definition) is 3. The highest BCUT2D eigenvalue weighted by Crippen LogP contribution is 2.45. The molecule has 1 aromatic heterocycles. The summed E-state index contributed by atoms with van der Waals surface area (Å²) in [5.41, 5.74) is 4.56. The van der Waals surface area contributed by atoms with Gasteiger partial charge in [-0.1, -0.05) is 86.8 Å². The van der Waals surface area contributed by atoms with Crippen LogP contribution in [0, 0.1) is 0 Å². The number of carbonyl (C=O) groups is 3. The average Bonchev–Trinajstić information content (AvgIpc) is 3.46. The molecule has 0 bridgehead atoms. The van der Waals surface area contributed by atoms with E-state index in [-0.39, 0.29) is 11.8 Å². The summed E-state index contributed by atoms with van der Waals surface area (Å²) in [6.07, 6.45) is 4.60. The number of nitrogens with one attached hydrogen (secondary N) is 2. The Hall–Kier alpha value is -4.39. The number of hydrogen-bond donors (Lipinski definition) is 2. The third kappa shape index (κ3) is 4.28. The minimum atomic E-state index is -0.667. The van der Waals surface area contributed by atoms with Gasteiger partial charge in [-0.15, -0.1) is 0 Å². The summed E-state index contributed by atoms with van der Waals surface area (Å²) in [6, 6.07) is 23.2. The molecule has 1 fully saturated rings. The summed E-state index contributed by atoms with van der Waals surface area (Å²) in [6.45, 7) is 2.70. The van der Waals surface area contributed by atoms with Gasteiger partial charge in [-0.25, -0.2) is 9.69 Å². The van der Waals surface area contributed by atoms with Gasteiger partial charge in [0.1, 0.15) is 12.1 Å². The summed E-state index contributed by atoms with van der Waals surface area (Å²) < 4.78 is 0. The first kappa shape index (κ1) is 24.9. The van der Waals surface area contributed by atoms with Gasteiger partial charge in [0.25, 0.3) is 11.8 Å². The molecule has 7 heteroatoms. The van der Waals surface area contributed by atoms with E-state index in [2.05, 4.69) is 23.3 Å². The van der Waals surface area contributed by atoms with E-state index in [4.69, 9.17) is 0 Å². The molecule has 4 aromatic rings. The number of H-pyrrole nitrogens is 1. The van der Waals surface area contributed by atoms with Gasteiger partial charge in [0.15, 0.2) is 0 Å². The molecule has 39 heavy (non-hydrogen) atoms. The Morgan fingerprint density at radius 3 is 2.49 bits per heavy atom. The molecule has 1 saturated heterocycles. The first-order chi connectivity index (χ1) is 19.1. The van der Waals surface area contributed by atoms with Crippen molar-refractivity contribution in [2.75, 3.05) is 11.4 Å². The van der Waals surface area contributed by atoms with E-state index in [1.807, 2.05) is 48.5 Å². The second-order valence-electron chi connectivity index (χ2n) is 10.3. The van der Waals surface area contributed by atoms with Gasteiger partial charge in [-0.2, -0.15) is 0 Å². The molecule has 198 valence electrons. The number of unbranched alkanes of at least 4 members (excludes halogenated alkanes) is 3. The van der Waals surface area contributed by atoms with Gasteiger partial charge in [0.05, 0.1) is 11.3 Å². The fourth-order valence-corrected chi connectivity index (χ4v) is 5.99. The Morgan fingerprint density at radius 2 is 1.67 bits per heavy atom. The van der Waals surface area contributed by atoms with Crippen LogP contribution in [0.25, 0.3) is 10.9 Å². The monoisotopic (exact) mass is 520 g/mol. The maximum Gasteiger partial charge on any atom is 0.332 e. The predicted octanol–water partition coefficient (Wildman–Crippen LogP) is 5.96. The van der Waals surface area contributed by atoms with Gasteiger partial charge >= 0.3 is 6.03 Å². The smallest absolute Gasteiger partial charge is 0.332 e. The average molecular weight is 521 g/mol. The van der Waals surface area contributed by atoms with Crippen LogP contribution in [0.2, 0.25) is 0 Å². The van der Waals surface area contributed by atoms with Crippen LogP contribution in [0.5, 0.6) is 0 Å². The zero-order valence-electron chi connectivity index (χ0n) is 22.0. The van der Waals surface area contributed by atoms with Crippen molar-refractivity contribution >= 4 is 34.4 Å². The van der Waals surface area contributed by atoms with E-state index in [1.54, 1.807) is 29.2 Å². The maximum atomic E-state index is 14.2. The third-order valence-electron chi connectivity index (χ3n) is 7.87. The van der Waals surface area contributed by atoms with Crippen molar-refractivity contribution in [3.8, 4) is 0 Å². The van der Waals surface area contributed by atoms with Crippen molar-refractivity contribution in [1.82, 2.24) is 15.2 Å². The molecule has 2 aliphatic heterocycles. The molecule has 3 heterocycles. The number of para-hydroxylation sites is 2. The third-order valence-corrected chi connectivity index (χ3v) is 7.87. The summed E-state index contributed by atoms with van der Waals surface area (Å²) in [5, 5.41) is 4.04. The Morgan fingerprint density at radius 1 is 0.923 bits per heavy atom. The van der Waals surface area contributed by atoms with Crippen molar-refractivity contribution < 1.29 is 14.4 Å². The lowest BCUT2D eigenvalue weighted by molar-refractivity contribution is -0.120. The summed E-state index contributed by atoms with van der Waals surface area (Å²) in [7, 11) is 0. The van der Waals surface area contributed by atoms with Crippen LogP contribution in [0.3, 0.4) is 0 Å². The molecule has 3 aromatic carbocycles. The van der Waals surface area contributed by atoms with Gasteiger partial charge in [0, 0.05) is 29.6 Å². The number of nitrogens with zero attached hydrogens (tertiary/aromatic N) is 2. The van der Waals surface area contributed by atoms with Gasteiger partial charge in [0.2, 0.25) is 0 Å². The number of aromatic amines is 1. The number of carbonyl (C=O) groups excluding carboxylic acids is 3. The molecule has 2 N–H and O–H groups in total. The zero-order chi connectivity index (χ0) is 26.9. The van der Waals surface area contributed by atoms with E-state index in [0.717, 1.165) is 53.4 Å². The Kier molecular flexibility index (Phi) is 6.65. The fraction of sp³-hybridized carbons (Fsp3) is 0.281. The normalized spacial score (nSPS) is 18.4. The highest BCUT2D eigenvalue weighted by molar-refractivity contribution is 6.24. The molecule has 0 saturated carbocycles. The molecule has 0 spiro atoms. The van der Waals surface area contributed by atoms with Crippen LogP contribution in [0.4, 0.5) is 10.5 Å². The molecule has 0 radical (unpaired) electrons. The molecule has 2 unspecified atom stereocenters. The molecule has 2 atom stereocenters. The zero-order valence-corrected chi connectivity index (χ0v) is 22.0. The van der Waals surface area contributed by atoms with Crippen LogP contribution in [-0.4, -0.2) is 40.3 Å². The second kappa shape index (κ2) is 10.4. The molecule has 7 nitrogen and oxygen atoms in total. The molecule has 6 rings (SSSR count). The van der Waals surface area contributed by atoms with E-state index in [0.29, 0.717) is 24.2 Å². The number of amides is 4. The quantitative estimate of drug-likeness (QED) is 0.222. The molecule has 4 amide bonds. The predicted molar refractivity (Wildman–Crippen MR) is 152 cm³/mol. The number of fused-ring (bicyclic) bond motifs is 4. The van der Waals surface area contributed by atoms with Crippen molar-refractivity contribution in [3.05, 3.63) is 101 Å². The Balaban J connectivity index is 1.38. The fourth-order valence-electron chi connectivity index (χ4n) is 5.99. The van der Waals surface area contributed by atoms with Gasteiger partial charge in [-0.3, -0.25) is 14.5 Å². The standard InChI is InChI=1S/C32H32N4O3/c1-2-3-4-12-19-33-30(37)23-16-9-11-18-26(23)36-31(38)27-20-24-22-15-8-10-17-25(22)34-28(24)29(35(27)32(36)39)21-13-6-5-7-14-21/h5-11,13-18,27,29,34H,2-4,12,19-20H2,1H3,(H,33,37). The highest BCUT2D eigenvalue weighted by atomic mass is 16.2. The minimum Gasteiger partial charge on any atom is -0.356 e. The molecular weight excluding hydrogens is 488 g/mol. The van der Waals surface area contributed by atoms with E-state index < -0.39 is 18.1 Å². The van der Waals surface area contributed by atoms with Crippen molar-refractivity contribution in [2.45, 2.75) is 51.1 Å². The lowest BCUT2D eigenvalue weighted by Gasteiger charge is -2.36. The second-order valence-corrected chi connectivity index (χ2v) is 10.3. The van der Waals surface area contributed by atoms with E-state index in [1.165, 1.54) is 4.90 Å². The van der Waals surface area contributed by atoms with E-state index >= 15 is 0 Å². The largest absolute Gasteiger partial charge is 0.356 e. The number of urea groups is 1. The Bertz CT molecular complexity index is 1540. The van der Waals surface area contributed by atoms with E-state index in [9.17, 15) is 14.4 Å². The van der Waals surface area contributed by atoms with Crippen molar-refractivity contribution in [1.29, 1.82) is 0 Å². The maximum absolute atomic E-state index is 14.2. The van der Waals surface area contributed by atoms with Crippen LogP contribution >= 0.6 is 0 Å². The van der Waals surface area contributed by atoms with Crippen LogP contribution in [0.15, 0.2) is 78.9 Å². The lowest BCUT2D eigenvalue weighted by atomic mass is 9.89. The molecular formula is C32H32N4O3. The number of anilines is 1. The topological polar surface area (TPSA) is 85.5 Å². The van der Waals surface area contributed by atoms with Gasteiger partial charge < -0.3 is 10.3 Å². The first-order valence-electron chi connectivity index (χ1n) is 13.8. The molecule has 0 aliphatic carbocycles. The van der Waals surface area contributed by atoms with Crippen LogP contribution in [-0.2, 0) is 11.2 Å². The number of aromatic nitrogens is 1. The van der Waals surface area contributed by atoms with Crippen molar-refractivity contribution in [3.63, 3.8) is 0 Å². The van der Waals surface area contributed by atoms with Crippen molar-refractivity contribution in [2.24, 2.45) is 0 Å².